The van der Waals surface area contributed by atoms with Crippen molar-refractivity contribution in [2.24, 2.45) is 10.8 Å². The van der Waals surface area contributed by atoms with E-state index in [2.05, 4.69) is 60.2 Å². The summed E-state index contributed by atoms with van der Waals surface area (Å²) in [6.07, 6.45) is 7.41. The molecule has 0 spiro atoms. The molecule has 0 radical (unpaired) electrons. The average Bonchev–Trinajstić information content (AvgIpc) is 3.54. The van der Waals surface area contributed by atoms with Gasteiger partial charge in [0.05, 0.1) is 28.7 Å². The summed E-state index contributed by atoms with van der Waals surface area (Å²) in [6.45, 7) is 17.5. The summed E-state index contributed by atoms with van der Waals surface area (Å²) in [5.74, 6) is 1.58. The maximum absolute atomic E-state index is 13.8. The van der Waals surface area contributed by atoms with Crippen LogP contribution in [0.5, 0.6) is 0 Å². The largest absolute Gasteiger partial charge is 0.345 e. The lowest BCUT2D eigenvalue weighted by atomic mass is 9.49. The quantitative estimate of drug-likeness (QED) is 0.451. The van der Waals surface area contributed by atoms with Gasteiger partial charge in [0.2, 0.25) is 5.91 Å². The predicted molar refractivity (Wildman–Crippen MR) is 157 cm³/mol. The number of carbonyl (C=O) groups excluding carboxylic acids is 2. The summed E-state index contributed by atoms with van der Waals surface area (Å²) in [4.78, 5) is 45.5. The van der Waals surface area contributed by atoms with Crippen LogP contribution in [0.1, 0.15) is 86.9 Å². The number of piperidine rings is 2. The minimum Gasteiger partial charge on any atom is -0.345 e. The molecule has 40 heavy (non-hydrogen) atoms. The highest BCUT2D eigenvalue weighted by Gasteiger charge is 2.57. The fraction of sp³-hybridized carbons (Fsp3) is 0.500. The highest BCUT2D eigenvalue weighted by molar-refractivity contribution is 5.97. The monoisotopic (exact) mass is 540 g/mol. The third-order valence-corrected chi connectivity index (χ3v) is 10.4. The Bertz CT molecular complexity index is 1540. The molecular formula is C32H40N6O2. The first-order valence-corrected chi connectivity index (χ1v) is 14.5. The van der Waals surface area contributed by atoms with E-state index in [0.29, 0.717) is 18.0 Å². The Morgan fingerprint density at radius 2 is 1.90 bits per heavy atom. The number of benzene rings is 1. The van der Waals surface area contributed by atoms with Crippen LogP contribution in [0.2, 0.25) is 0 Å². The van der Waals surface area contributed by atoms with Gasteiger partial charge in [-0.2, -0.15) is 0 Å². The number of carbonyl (C=O) groups is 2. The van der Waals surface area contributed by atoms with Crippen LogP contribution in [0, 0.1) is 17.8 Å². The maximum Gasteiger partial charge on any atom is 0.254 e. The molecule has 6 rings (SSSR count). The van der Waals surface area contributed by atoms with Crippen molar-refractivity contribution in [3.63, 3.8) is 0 Å². The Morgan fingerprint density at radius 1 is 1.15 bits per heavy atom. The van der Waals surface area contributed by atoms with Gasteiger partial charge in [-0.25, -0.2) is 9.97 Å². The molecule has 2 saturated heterocycles. The Hall–Kier alpha value is -3.68. The zero-order valence-corrected chi connectivity index (χ0v) is 24.3. The molecule has 8 heteroatoms. The molecule has 210 valence electrons. The zero-order chi connectivity index (χ0) is 28.4. The fourth-order valence-electron chi connectivity index (χ4n) is 7.34. The molecule has 4 heterocycles. The van der Waals surface area contributed by atoms with Gasteiger partial charge >= 0.3 is 0 Å². The summed E-state index contributed by atoms with van der Waals surface area (Å²) in [6, 6.07) is 5.77. The van der Waals surface area contributed by atoms with Crippen molar-refractivity contribution in [3.8, 4) is 0 Å². The molecule has 2 aromatic heterocycles. The lowest BCUT2D eigenvalue weighted by Crippen LogP contribution is -2.63. The van der Waals surface area contributed by atoms with Gasteiger partial charge in [-0.05, 0) is 73.4 Å². The summed E-state index contributed by atoms with van der Waals surface area (Å²) in [5.41, 5.74) is 6.55. The van der Waals surface area contributed by atoms with Crippen LogP contribution in [0.15, 0.2) is 42.3 Å². The number of rotatable bonds is 3. The van der Waals surface area contributed by atoms with Gasteiger partial charge in [0.15, 0.2) is 0 Å². The fourth-order valence-corrected chi connectivity index (χ4v) is 7.34. The molecular weight excluding hydrogens is 500 g/mol. The molecule has 2 atom stereocenters. The Balaban J connectivity index is 1.26. The van der Waals surface area contributed by atoms with Crippen molar-refractivity contribution >= 4 is 28.9 Å². The maximum atomic E-state index is 13.8. The molecule has 2 aliphatic heterocycles. The standard InChI is InChI=1S/C32H40N6O2/c1-19-15-28-31(4,5)32(6,11-14-38(28)30(40)23-7-8-25-27(16-23)34-18-33-25)24(19)17-26-20(2)35-29(36-26)22-9-12-37(13-10-22)21(3)39/h7-8,16-18,22,28H,1,9-15H2,2-6H3,(H,33,34)(H,35,36)/b24-17+/t28-,32+/m1/s1. The van der Waals surface area contributed by atoms with E-state index in [-0.39, 0.29) is 28.7 Å². The van der Waals surface area contributed by atoms with E-state index >= 15 is 0 Å². The van der Waals surface area contributed by atoms with Crippen LogP contribution in [0.3, 0.4) is 0 Å². The highest BCUT2D eigenvalue weighted by atomic mass is 16.2. The van der Waals surface area contributed by atoms with E-state index in [4.69, 9.17) is 4.98 Å². The van der Waals surface area contributed by atoms with Crippen molar-refractivity contribution in [1.29, 1.82) is 0 Å². The van der Waals surface area contributed by atoms with E-state index in [0.717, 1.165) is 72.6 Å². The van der Waals surface area contributed by atoms with Gasteiger partial charge in [-0.3, -0.25) is 9.59 Å². The van der Waals surface area contributed by atoms with Crippen LogP contribution in [-0.2, 0) is 4.79 Å². The van der Waals surface area contributed by atoms with Crippen molar-refractivity contribution in [2.45, 2.75) is 72.3 Å². The molecule has 0 unspecified atom stereocenters. The second kappa shape index (κ2) is 9.46. The van der Waals surface area contributed by atoms with Crippen molar-refractivity contribution in [3.05, 3.63) is 65.0 Å². The molecule has 2 bridgehead atoms. The van der Waals surface area contributed by atoms with Gasteiger partial charge in [0.1, 0.15) is 5.82 Å². The summed E-state index contributed by atoms with van der Waals surface area (Å²) in [5, 5.41) is 0. The number of amides is 2. The highest BCUT2D eigenvalue weighted by Crippen LogP contribution is 2.61. The van der Waals surface area contributed by atoms with Crippen LogP contribution in [-0.4, -0.2) is 67.2 Å². The van der Waals surface area contributed by atoms with Crippen molar-refractivity contribution < 1.29 is 9.59 Å². The number of imidazole rings is 2. The Labute approximate surface area is 236 Å². The molecule has 1 aliphatic carbocycles. The van der Waals surface area contributed by atoms with Gasteiger partial charge in [-0.15, -0.1) is 0 Å². The number of fused-ring (bicyclic) bond motifs is 3. The molecule has 1 aromatic carbocycles. The minimum absolute atomic E-state index is 0.0609. The van der Waals surface area contributed by atoms with E-state index < -0.39 is 0 Å². The van der Waals surface area contributed by atoms with Crippen LogP contribution >= 0.6 is 0 Å². The van der Waals surface area contributed by atoms with E-state index in [9.17, 15) is 9.59 Å². The van der Waals surface area contributed by atoms with E-state index in [1.165, 1.54) is 5.57 Å². The number of aromatic nitrogens is 4. The summed E-state index contributed by atoms with van der Waals surface area (Å²) < 4.78 is 0. The van der Waals surface area contributed by atoms with Gasteiger partial charge < -0.3 is 19.8 Å². The number of hydrogen-bond donors (Lipinski definition) is 2. The molecule has 1 saturated carbocycles. The minimum atomic E-state index is -0.150. The Morgan fingerprint density at radius 3 is 2.62 bits per heavy atom. The second-order valence-electron chi connectivity index (χ2n) is 12.7. The number of hydrogen-bond acceptors (Lipinski definition) is 4. The molecule has 3 fully saturated rings. The zero-order valence-electron chi connectivity index (χ0n) is 24.3. The number of aryl methyl sites for hydroxylation is 1. The first kappa shape index (κ1) is 26.5. The van der Waals surface area contributed by atoms with Gasteiger partial charge in [0.25, 0.3) is 5.91 Å². The average molecular weight is 541 g/mol. The molecule has 2 N–H and O–H groups in total. The molecule has 3 aromatic rings. The summed E-state index contributed by atoms with van der Waals surface area (Å²) in [7, 11) is 0. The van der Waals surface area contributed by atoms with Crippen molar-refractivity contribution in [1.82, 2.24) is 29.7 Å². The second-order valence-corrected chi connectivity index (χ2v) is 12.7. The topological polar surface area (TPSA) is 98.0 Å². The Kier molecular flexibility index (Phi) is 6.28. The van der Waals surface area contributed by atoms with Gasteiger partial charge in [-0.1, -0.05) is 27.4 Å². The van der Waals surface area contributed by atoms with Crippen LogP contribution in [0.25, 0.3) is 17.1 Å². The normalized spacial score (nSPS) is 26.1. The van der Waals surface area contributed by atoms with E-state index in [1.807, 2.05) is 23.1 Å². The molecule has 3 aliphatic rings. The first-order chi connectivity index (χ1) is 19.0. The van der Waals surface area contributed by atoms with Gasteiger partial charge in [0, 0.05) is 49.5 Å². The lowest BCUT2D eigenvalue weighted by molar-refractivity contribution is -0.129. The number of allylic oxidation sites excluding steroid dienone is 1. The number of aromatic amines is 2. The number of nitrogens with one attached hydrogen (secondary N) is 2. The third kappa shape index (κ3) is 4.11. The van der Waals surface area contributed by atoms with E-state index in [1.54, 1.807) is 13.3 Å². The number of nitrogens with zero attached hydrogens (tertiary/aromatic N) is 4. The lowest BCUT2D eigenvalue weighted by Gasteiger charge is -2.61. The molecule has 2 amide bonds. The SMILES string of the molecule is C=C1C[C@H]2N(C(=O)c3ccc4nc[nH]c4c3)CC[C@@](C)(/C1=C/c1[nH]c(C3CCN(C(C)=O)CC3)nc1C)C2(C)C. The third-order valence-electron chi connectivity index (χ3n) is 10.4. The van der Waals surface area contributed by atoms with Crippen LogP contribution in [0.4, 0.5) is 0 Å². The smallest absolute Gasteiger partial charge is 0.254 e. The number of H-pyrrole nitrogens is 2. The summed E-state index contributed by atoms with van der Waals surface area (Å²) >= 11 is 0. The predicted octanol–water partition coefficient (Wildman–Crippen LogP) is 5.61. The number of likely N-dealkylation sites (tertiary alicyclic amines) is 2. The first-order valence-electron chi connectivity index (χ1n) is 14.5. The molecule has 8 nitrogen and oxygen atoms in total. The van der Waals surface area contributed by atoms with Crippen molar-refractivity contribution in [2.75, 3.05) is 19.6 Å². The van der Waals surface area contributed by atoms with Crippen LogP contribution < -0.4 is 0 Å².